The van der Waals surface area contributed by atoms with Gasteiger partial charge in [-0.2, -0.15) is 0 Å². The molecule has 1 N–H and O–H groups in total. The molecule has 0 bridgehead atoms. The number of fused-ring (bicyclic) bond motifs is 2. The molecule has 0 radical (unpaired) electrons. The van der Waals surface area contributed by atoms with Gasteiger partial charge in [0.2, 0.25) is 0 Å². The first-order valence-electron chi connectivity index (χ1n) is 8.21. The van der Waals surface area contributed by atoms with Gasteiger partial charge >= 0.3 is 0 Å². The van der Waals surface area contributed by atoms with E-state index in [4.69, 9.17) is 4.74 Å². The van der Waals surface area contributed by atoms with Crippen molar-refractivity contribution in [2.24, 2.45) is 5.92 Å². The summed E-state index contributed by atoms with van der Waals surface area (Å²) in [5.41, 5.74) is 2.75. The van der Waals surface area contributed by atoms with Gasteiger partial charge in [-0.15, -0.1) is 0 Å². The first-order chi connectivity index (χ1) is 11.3. The lowest BCUT2D eigenvalue weighted by Crippen LogP contribution is -2.28. The summed E-state index contributed by atoms with van der Waals surface area (Å²) in [6.45, 7) is 3.84. The smallest absolute Gasteiger partial charge is 0.120 e. The number of ether oxygens (including phenoxy) is 1. The average Bonchev–Trinajstić information content (AvgIpc) is 2.86. The third kappa shape index (κ3) is 2.97. The maximum absolute atomic E-state index is 5.96. The molecular weight excluding hydrogens is 284 g/mol. The van der Waals surface area contributed by atoms with Crippen molar-refractivity contribution >= 4 is 11.8 Å². The van der Waals surface area contributed by atoms with Crippen molar-refractivity contribution in [1.29, 1.82) is 0 Å². The zero-order valence-electron chi connectivity index (χ0n) is 13.5. The third-order valence-electron chi connectivity index (χ3n) is 4.70. The molecule has 3 heteroatoms. The molecule has 1 unspecified atom stereocenters. The lowest BCUT2D eigenvalue weighted by Gasteiger charge is -2.09. The molecule has 0 saturated carbocycles. The van der Waals surface area contributed by atoms with Crippen LogP contribution in [0.15, 0.2) is 48.5 Å². The van der Waals surface area contributed by atoms with Gasteiger partial charge in [-0.3, -0.25) is 0 Å². The van der Waals surface area contributed by atoms with Crippen molar-refractivity contribution < 1.29 is 4.74 Å². The fraction of sp³-hybridized carbons (Fsp3) is 0.300. The van der Waals surface area contributed by atoms with E-state index in [0.717, 1.165) is 25.4 Å². The quantitative estimate of drug-likeness (QED) is 0.926. The molecule has 23 heavy (non-hydrogen) atoms. The molecule has 1 fully saturated rings. The highest BCUT2D eigenvalue weighted by atomic mass is 16.5. The fourth-order valence-electron chi connectivity index (χ4n) is 3.56. The van der Waals surface area contributed by atoms with Crippen LogP contribution in [-0.4, -0.2) is 31.6 Å². The van der Waals surface area contributed by atoms with Crippen LogP contribution in [0.3, 0.4) is 0 Å². The van der Waals surface area contributed by atoms with Crippen LogP contribution >= 0.6 is 0 Å². The fourth-order valence-corrected chi connectivity index (χ4v) is 3.56. The molecule has 1 atom stereocenters. The van der Waals surface area contributed by atoms with Crippen molar-refractivity contribution in [3.05, 3.63) is 64.5 Å². The summed E-state index contributed by atoms with van der Waals surface area (Å²) in [6, 6.07) is 16.8. The Morgan fingerprint density at radius 2 is 2.04 bits per heavy atom. The number of nitrogens with zero attached hydrogens (tertiary/aromatic N) is 1. The Morgan fingerprint density at radius 1 is 1.17 bits per heavy atom. The maximum Gasteiger partial charge on any atom is 0.120 e. The van der Waals surface area contributed by atoms with Crippen molar-refractivity contribution in [2.45, 2.75) is 6.61 Å². The predicted octanol–water partition coefficient (Wildman–Crippen LogP) is 1.32. The van der Waals surface area contributed by atoms with Crippen LogP contribution in [0.2, 0.25) is 0 Å². The van der Waals surface area contributed by atoms with Crippen molar-refractivity contribution in [2.75, 3.05) is 26.7 Å². The minimum Gasteiger partial charge on any atom is -0.489 e. The summed E-state index contributed by atoms with van der Waals surface area (Å²) in [6.07, 6.45) is 2.13. The Morgan fingerprint density at radius 3 is 2.91 bits per heavy atom. The molecule has 0 aliphatic carbocycles. The van der Waals surface area contributed by atoms with Gasteiger partial charge in [0.05, 0.1) is 0 Å². The second-order valence-electron chi connectivity index (χ2n) is 6.49. The summed E-state index contributed by atoms with van der Waals surface area (Å²) in [7, 11) is 2.20. The normalized spacial score (nSPS) is 20.0. The molecule has 0 amide bonds. The van der Waals surface area contributed by atoms with Gasteiger partial charge in [0.15, 0.2) is 0 Å². The number of hydrogen-bond donors (Lipinski definition) is 1. The van der Waals surface area contributed by atoms with Gasteiger partial charge in [-0.05, 0) is 35.5 Å². The highest BCUT2D eigenvalue weighted by Crippen LogP contribution is 2.21. The van der Waals surface area contributed by atoms with Crippen LogP contribution in [-0.2, 0) is 6.61 Å². The summed E-state index contributed by atoms with van der Waals surface area (Å²) in [5.74, 6) is 1.55. The van der Waals surface area contributed by atoms with Gasteiger partial charge in [0.1, 0.15) is 12.4 Å². The summed E-state index contributed by atoms with van der Waals surface area (Å²) in [5, 5.41) is 6.08. The lowest BCUT2D eigenvalue weighted by atomic mass is 10.0. The van der Waals surface area contributed by atoms with Crippen LogP contribution in [0.4, 0.5) is 0 Å². The van der Waals surface area contributed by atoms with Crippen molar-refractivity contribution in [3.63, 3.8) is 0 Å². The molecule has 2 aliphatic rings. The highest BCUT2D eigenvalue weighted by molar-refractivity contribution is 5.55. The second-order valence-corrected chi connectivity index (χ2v) is 6.49. The van der Waals surface area contributed by atoms with Crippen molar-refractivity contribution in [1.82, 2.24) is 10.2 Å². The molecule has 2 aromatic carbocycles. The second kappa shape index (κ2) is 6.09. The predicted molar refractivity (Wildman–Crippen MR) is 93.3 cm³/mol. The number of nitrogens with one attached hydrogen (secondary N) is 1. The van der Waals surface area contributed by atoms with Gasteiger partial charge in [0, 0.05) is 37.0 Å². The van der Waals surface area contributed by atoms with Crippen LogP contribution < -0.4 is 20.5 Å². The average molecular weight is 306 g/mol. The van der Waals surface area contributed by atoms with Crippen LogP contribution in [0.1, 0.15) is 5.56 Å². The van der Waals surface area contributed by atoms with E-state index in [1.54, 1.807) is 5.57 Å². The Kier molecular flexibility index (Phi) is 3.80. The Balaban J connectivity index is 1.64. The van der Waals surface area contributed by atoms with E-state index in [1.165, 1.54) is 16.0 Å². The maximum atomic E-state index is 5.96. The molecule has 0 spiro atoms. The molecule has 118 valence electrons. The van der Waals surface area contributed by atoms with E-state index in [0.29, 0.717) is 12.5 Å². The summed E-state index contributed by atoms with van der Waals surface area (Å²) < 4.78 is 5.96. The lowest BCUT2D eigenvalue weighted by molar-refractivity contribution is 0.306. The van der Waals surface area contributed by atoms with E-state index < -0.39 is 0 Å². The topological polar surface area (TPSA) is 24.5 Å². The number of rotatable bonds is 3. The molecule has 1 saturated heterocycles. The SMILES string of the molecule is CN1CC2=c3ccc(OCc4ccccc4)cc3=CNCC2C1. The van der Waals surface area contributed by atoms with Crippen LogP contribution in [0, 0.1) is 5.92 Å². The van der Waals surface area contributed by atoms with E-state index in [-0.39, 0.29) is 0 Å². The Labute approximate surface area is 136 Å². The molecule has 2 heterocycles. The Hall–Kier alpha value is -2.26. The minimum absolute atomic E-state index is 0.606. The molecule has 2 aromatic rings. The standard InChI is InChI=1S/C20H22N2O/c1-22-12-17-11-21-10-16-9-18(7-8-19(16)20(17)13-22)23-14-15-5-3-2-4-6-15/h2-10,17,21H,11-14H2,1H3. The molecular formula is C20H22N2O. The molecule has 4 rings (SSSR count). The number of hydrogen-bond acceptors (Lipinski definition) is 3. The van der Waals surface area contributed by atoms with E-state index in [1.807, 2.05) is 18.2 Å². The summed E-state index contributed by atoms with van der Waals surface area (Å²) in [4.78, 5) is 2.40. The van der Waals surface area contributed by atoms with Crippen LogP contribution in [0.5, 0.6) is 5.75 Å². The Bertz CT molecular complexity index is 813. The molecule has 0 aromatic heterocycles. The van der Waals surface area contributed by atoms with E-state index in [9.17, 15) is 0 Å². The zero-order chi connectivity index (χ0) is 15.6. The van der Waals surface area contributed by atoms with Gasteiger partial charge in [0.25, 0.3) is 0 Å². The monoisotopic (exact) mass is 306 g/mol. The van der Waals surface area contributed by atoms with Crippen LogP contribution in [0.25, 0.3) is 11.8 Å². The summed E-state index contributed by atoms with van der Waals surface area (Å²) >= 11 is 0. The van der Waals surface area contributed by atoms with E-state index >= 15 is 0 Å². The number of likely N-dealkylation sites (tertiary alicyclic amines) is 1. The van der Waals surface area contributed by atoms with Gasteiger partial charge < -0.3 is 15.0 Å². The van der Waals surface area contributed by atoms with E-state index in [2.05, 4.69) is 53.8 Å². The minimum atomic E-state index is 0.606. The van der Waals surface area contributed by atoms with Gasteiger partial charge in [-0.25, -0.2) is 0 Å². The van der Waals surface area contributed by atoms with Gasteiger partial charge in [-0.1, -0.05) is 36.4 Å². The zero-order valence-corrected chi connectivity index (χ0v) is 13.5. The first kappa shape index (κ1) is 14.3. The largest absolute Gasteiger partial charge is 0.489 e. The first-order valence-corrected chi connectivity index (χ1v) is 8.21. The molecule has 3 nitrogen and oxygen atoms in total. The third-order valence-corrected chi connectivity index (χ3v) is 4.70. The molecule has 2 aliphatic heterocycles. The number of benzene rings is 2. The van der Waals surface area contributed by atoms with Crippen molar-refractivity contribution in [3.8, 4) is 5.75 Å². The highest BCUT2D eigenvalue weighted by Gasteiger charge is 2.26.